The highest BCUT2D eigenvalue weighted by Crippen LogP contribution is 2.26. The van der Waals surface area contributed by atoms with Crippen molar-refractivity contribution >= 4 is 35.0 Å². The number of carboxylic acids is 1. The van der Waals surface area contributed by atoms with Gasteiger partial charge in [0, 0.05) is 17.4 Å². The lowest BCUT2D eigenvalue weighted by Gasteiger charge is -2.12. The minimum absolute atomic E-state index is 0.0434. The number of rotatable bonds is 3. The molecule has 1 aliphatic heterocycles. The van der Waals surface area contributed by atoms with Crippen molar-refractivity contribution in [2.75, 3.05) is 22.6 Å². The van der Waals surface area contributed by atoms with E-state index < -0.39 is 5.97 Å². The Morgan fingerprint density at radius 3 is 2.83 bits per heavy atom. The van der Waals surface area contributed by atoms with Crippen LogP contribution in [0.3, 0.4) is 0 Å². The quantitative estimate of drug-likeness (QED) is 0.723. The Balaban J connectivity index is 2.19. The second-order valence-corrected chi connectivity index (χ2v) is 5.31. The summed E-state index contributed by atoms with van der Waals surface area (Å²) in [6.45, 7) is 0. The van der Waals surface area contributed by atoms with E-state index in [4.69, 9.17) is 10.8 Å². The van der Waals surface area contributed by atoms with Gasteiger partial charge in [-0.15, -0.1) is 0 Å². The first-order valence-electron chi connectivity index (χ1n) is 5.59. The molecule has 0 aromatic heterocycles. The second kappa shape index (κ2) is 5.30. The van der Waals surface area contributed by atoms with Crippen molar-refractivity contribution in [1.29, 1.82) is 0 Å². The summed E-state index contributed by atoms with van der Waals surface area (Å²) in [5.74, 6) is 0.509. The van der Waals surface area contributed by atoms with Gasteiger partial charge in [0.25, 0.3) is 0 Å². The molecule has 1 aromatic carbocycles. The van der Waals surface area contributed by atoms with E-state index in [0.717, 1.165) is 17.9 Å². The third-order valence-electron chi connectivity index (χ3n) is 2.83. The molecule has 18 heavy (non-hydrogen) atoms. The standard InChI is InChI=1S/C12H14N2O3S/c13-8-1-2-9(12(16)17)10(5-8)14-11(15)7-3-4-18-6-7/h1-2,5,7H,3-4,6,13H2,(H,14,15)(H,16,17). The van der Waals surface area contributed by atoms with Crippen LogP contribution in [0.15, 0.2) is 18.2 Å². The molecular weight excluding hydrogens is 252 g/mol. The summed E-state index contributed by atoms with van der Waals surface area (Å²) < 4.78 is 0. The fourth-order valence-corrected chi connectivity index (χ4v) is 3.05. The van der Waals surface area contributed by atoms with Crippen LogP contribution in [0.25, 0.3) is 0 Å². The van der Waals surface area contributed by atoms with Crippen LogP contribution in [0.5, 0.6) is 0 Å². The minimum atomic E-state index is -1.08. The molecule has 1 unspecified atom stereocenters. The van der Waals surface area contributed by atoms with Crippen LogP contribution in [0.1, 0.15) is 16.8 Å². The normalized spacial score (nSPS) is 18.6. The Kier molecular flexibility index (Phi) is 3.76. The van der Waals surface area contributed by atoms with E-state index in [1.165, 1.54) is 18.2 Å². The molecule has 0 radical (unpaired) electrons. The highest BCUT2D eigenvalue weighted by Gasteiger charge is 2.24. The molecule has 5 nitrogen and oxygen atoms in total. The lowest BCUT2D eigenvalue weighted by atomic mass is 10.1. The first-order chi connectivity index (χ1) is 8.58. The predicted molar refractivity (Wildman–Crippen MR) is 71.9 cm³/mol. The van der Waals surface area contributed by atoms with Crippen molar-refractivity contribution in [3.05, 3.63) is 23.8 Å². The van der Waals surface area contributed by atoms with Crippen molar-refractivity contribution in [2.45, 2.75) is 6.42 Å². The molecule has 0 spiro atoms. The monoisotopic (exact) mass is 266 g/mol. The van der Waals surface area contributed by atoms with E-state index in [9.17, 15) is 9.59 Å². The number of aromatic carboxylic acids is 1. The molecule has 6 heteroatoms. The van der Waals surface area contributed by atoms with Crippen LogP contribution in [0, 0.1) is 5.92 Å². The number of nitrogens with one attached hydrogen (secondary N) is 1. The van der Waals surface area contributed by atoms with E-state index in [1.807, 2.05) is 0 Å². The second-order valence-electron chi connectivity index (χ2n) is 4.16. The number of carbonyl (C=O) groups excluding carboxylic acids is 1. The summed E-state index contributed by atoms with van der Waals surface area (Å²) in [4.78, 5) is 23.0. The average Bonchev–Trinajstić information content (AvgIpc) is 2.81. The van der Waals surface area contributed by atoms with Gasteiger partial charge in [-0.05, 0) is 30.4 Å². The molecular formula is C12H14N2O3S. The predicted octanol–water partition coefficient (Wildman–Crippen LogP) is 1.66. The lowest BCUT2D eigenvalue weighted by molar-refractivity contribution is -0.119. The summed E-state index contributed by atoms with van der Waals surface area (Å²) >= 11 is 1.73. The van der Waals surface area contributed by atoms with Crippen LogP contribution in [0.2, 0.25) is 0 Å². The van der Waals surface area contributed by atoms with Crippen molar-refractivity contribution in [3.63, 3.8) is 0 Å². The SMILES string of the molecule is Nc1ccc(C(=O)O)c(NC(=O)C2CCSC2)c1. The number of hydrogen-bond acceptors (Lipinski definition) is 4. The molecule has 2 rings (SSSR count). The Labute approximate surface area is 109 Å². The minimum Gasteiger partial charge on any atom is -0.478 e. The number of benzene rings is 1. The first kappa shape index (κ1) is 12.8. The zero-order valence-corrected chi connectivity index (χ0v) is 10.5. The van der Waals surface area contributed by atoms with Gasteiger partial charge in [-0.2, -0.15) is 11.8 Å². The largest absolute Gasteiger partial charge is 0.478 e. The van der Waals surface area contributed by atoms with E-state index in [-0.39, 0.29) is 23.1 Å². The summed E-state index contributed by atoms with van der Waals surface area (Å²) in [6.07, 6.45) is 0.835. The van der Waals surface area contributed by atoms with E-state index in [0.29, 0.717) is 5.69 Å². The van der Waals surface area contributed by atoms with Crippen molar-refractivity contribution < 1.29 is 14.7 Å². The zero-order valence-electron chi connectivity index (χ0n) is 9.68. The van der Waals surface area contributed by atoms with Gasteiger partial charge in [0.2, 0.25) is 5.91 Å². The van der Waals surface area contributed by atoms with Crippen LogP contribution >= 0.6 is 11.8 Å². The molecule has 1 aromatic rings. The number of thioether (sulfide) groups is 1. The van der Waals surface area contributed by atoms with E-state index in [1.54, 1.807) is 11.8 Å². The highest BCUT2D eigenvalue weighted by atomic mass is 32.2. The Hall–Kier alpha value is -1.69. The Morgan fingerprint density at radius 2 is 2.22 bits per heavy atom. The summed E-state index contributed by atoms with van der Waals surface area (Å²) in [6, 6.07) is 4.38. The molecule has 96 valence electrons. The number of hydrogen-bond donors (Lipinski definition) is 3. The Morgan fingerprint density at radius 1 is 1.44 bits per heavy atom. The average molecular weight is 266 g/mol. The molecule has 1 aliphatic rings. The third kappa shape index (κ3) is 2.76. The zero-order chi connectivity index (χ0) is 13.1. The molecule has 0 saturated carbocycles. The van der Waals surface area contributed by atoms with Gasteiger partial charge in [0.1, 0.15) is 0 Å². The summed E-state index contributed by atoms with van der Waals surface area (Å²) in [5, 5.41) is 11.7. The summed E-state index contributed by atoms with van der Waals surface area (Å²) in [7, 11) is 0. The van der Waals surface area contributed by atoms with Crippen LogP contribution in [0.4, 0.5) is 11.4 Å². The molecule has 4 N–H and O–H groups in total. The topological polar surface area (TPSA) is 92.4 Å². The van der Waals surface area contributed by atoms with Crippen LogP contribution < -0.4 is 11.1 Å². The molecule has 1 fully saturated rings. The van der Waals surface area contributed by atoms with Crippen molar-refractivity contribution in [2.24, 2.45) is 5.92 Å². The van der Waals surface area contributed by atoms with Crippen LogP contribution in [-0.2, 0) is 4.79 Å². The fourth-order valence-electron chi connectivity index (χ4n) is 1.83. The maximum atomic E-state index is 11.9. The fraction of sp³-hybridized carbons (Fsp3) is 0.333. The molecule has 1 amide bonds. The van der Waals surface area contributed by atoms with Gasteiger partial charge in [-0.1, -0.05) is 0 Å². The van der Waals surface area contributed by atoms with Gasteiger partial charge in [-0.25, -0.2) is 4.79 Å². The number of nitrogens with two attached hydrogens (primary N) is 1. The molecule has 0 aliphatic carbocycles. The maximum Gasteiger partial charge on any atom is 0.337 e. The molecule has 1 saturated heterocycles. The van der Waals surface area contributed by atoms with Crippen molar-refractivity contribution in [3.8, 4) is 0 Å². The van der Waals surface area contributed by atoms with E-state index >= 15 is 0 Å². The van der Waals surface area contributed by atoms with Crippen LogP contribution in [-0.4, -0.2) is 28.5 Å². The number of carboxylic acid groups (broad SMARTS) is 1. The number of anilines is 2. The number of nitrogen functional groups attached to an aromatic ring is 1. The van der Waals surface area contributed by atoms with Crippen molar-refractivity contribution in [1.82, 2.24) is 0 Å². The van der Waals surface area contributed by atoms with Gasteiger partial charge in [0.15, 0.2) is 0 Å². The van der Waals surface area contributed by atoms with Gasteiger partial charge in [0.05, 0.1) is 11.3 Å². The smallest absolute Gasteiger partial charge is 0.337 e. The highest BCUT2D eigenvalue weighted by molar-refractivity contribution is 7.99. The third-order valence-corrected chi connectivity index (χ3v) is 3.99. The lowest BCUT2D eigenvalue weighted by Crippen LogP contribution is -2.23. The molecule has 1 atom stereocenters. The molecule has 1 heterocycles. The Bertz CT molecular complexity index is 484. The van der Waals surface area contributed by atoms with Gasteiger partial charge >= 0.3 is 5.97 Å². The summed E-state index contributed by atoms with van der Waals surface area (Å²) in [5.41, 5.74) is 6.36. The van der Waals surface area contributed by atoms with Gasteiger partial charge in [-0.3, -0.25) is 4.79 Å². The number of amides is 1. The van der Waals surface area contributed by atoms with E-state index in [2.05, 4.69) is 5.32 Å². The number of carbonyl (C=O) groups is 2. The molecule has 0 bridgehead atoms. The van der Waals surface area contributed by atoms with Gasteiger partial charge < -0.3 is 16.2 Å². The maximum absolute atomic E-state index is 11.9. The first-order valence-corrected chi connectivity index (χ1v) is 6.75.